The molecule has 0 aliphatic carbocycles. The Labute approximate surface area is 182 Å². The number of fused-ring (bicyclic) bond motifs is 3. The van der Waals surface area contributed by atoms with E-state index >= 15 is 0 Å². The summed E-state index contributed by atoms with van der Waals surface area (Å²) in [4.78, 5) is 4.65. The smallest absolute Gasteiger partial charge is 0.247 e. The van der Waals surface area contributed by atoms with Gasteiger partial charge in [0.2, 0.25) is 17.3 Å². The molecule has 6 nitrogen and oxygen atoms in total. The number of furan rings is 1. The van der Waals surface area contributed by atoms with Crippen LogP contribution in [0.3, 0.4) is 0 Å². The number of nitrogens with zero attached hydrogens (tertiary/aromatic N) is 3. The largest absolute Gasteiger partial charge is 0.460 e. The lowest BCUT2D eigenvalue weighted by Crippen LogP contribution is -2.16. The average molecular weight is 437 g/mol. The minimum atomic E-state index is -0.521. The summed E-state index contributed by atoms with van der Waals surface area (Å²) in [5.41, 5.74) is 3.49. The second-order valence-corrected chi connectivity index (χ2v) is 8.18. The van der Waals surface area contributed by atoms with Gasteiger partial charge in [-0.1, -0.05) is 53.7 Å². The maximum Gasteiger partial charge on any atom is 0.247 e. The summed E-state index contributed by atoms with van der Waals surface area (Å²) in [7, 11) is 0. The number of halogens is 1. The number of hydrogen-bond acceptors (Lipinski definition) is 7. The third kappa shape index (κ3) is 3.86. The number of para-hydroxylation sites is 1. The number of thioether (sulfide) groups is 1. The number of anilines is 1. The minimum Gasteiger partial charge on any atom is -0.460 e. The van der Waals surface area contributed by atoms with Gasteiger partial charge in [-0.05, 0) is 42.8 Å². The van der Waals surface area contributed by atoms with Crippen LogP contribution in [-0.4, -0.2) is 15.2 Å². The molecule has 2 aromatic carbocycles. The highest BCUT2D eigenvalue weighted by molar-refractivity contribution is 7.98. The van der Waals surface area contributed by atoms with Crippen LogP contribution in [0.15, 0.2) is 70.2 Å². The second kappa shape index (κ2) is 8.01. The van der Waals surface area contributed by atoms with Crippen molar-refractivity contribution in [1.29, 1.82) is 0 Å². The molecule has 0 bridgehead atoms. The number of rotatable bonds is 4. The summed E-state index contributed by atoms with van der Waals surface area (Å²) < 4.78 is 12.0. The van der Waals surface area contributed by atoms with E-state index in [9.17, 15) is 0 Å². The van der Waals surface area contributed by atoms with Crippen LogP contribution in [0.4, 0.5) is 5.69 Å². The third-order valence-corrected chi connectivity index (χ3v) is 5.80. The van der Waals surface area contributed by atoms with E-state index in [1.165, 1.54) is 11.8 Å². The molecule has 1 aliphatic rings. The molecule has 0 fully saturated rings. The fourth-order valence-electron chi connectivity index (χ4n) is 3.16. The Morgan fingerprint density at radius 1 is 1.03 bits per heavy atom. The van der Waals surface area contributed by atoms with Crippen LogP contribution < -0.4 is 10.1 Å². The van der Waals surface area contributed by atoms with Crippen LogP contribution >= 0.6 is 23.4 Å². The number of hydrogen-bond donors (Lipinski definition) is 1. The fourth-order valence-corrected chi connectivity index (χ4v) is 4.02. The van der Waals surface area contributed by atoms with Crippen LogP contribution in [0.2, 0.25) is 5.02 Å². The molecule has 8 heteroatoms. The normalized spacial score (nSPS) is 14.8. The third-order valence-electron chi connectivity index (χ3n) is 4.63. The quantitative estimate of drug-likeness (QED) is 0.400. The van der Waals surface area contributed by atoms with Crippen LogP contribution in [-0.2, 0) is 5.75 Å². The molecule has 2 aromatic heterocycles. The van der Waals surface area contributed by atoms with Gasteiger partial charge in [0, 0.05) is 22.0 Å². The zero-order valence-corrected chi connectivity index (χ0v) is 17.6. The molecule has 30 heavy (non-hydrogen) atoms. The molecule has 0 saturated carbocycles. The molecule has 1 aliphatic heterocycles. The Balaban J connectivity index is 1.47. The predicted octanol–water partition coefficient (Wildman–Crippen LogP) is 5.89. The first kappa shape index (κ1) is 19.0. The summed E-state index contributed by atoms with van der Waals surface area (Å²) in [5, 5.41) is 13.4. The van der Waals surface area contributed by atoms with E-state index in [1.807, 2.05) is 67.6 Å². The van der Waals surface area contributed by atoms with Gasteiger partial charge in [0.15, 0.2) is 11.5 Å². The molecule has 1 N–H and O–H groups in total. The van der Waals surface area contributed by atoms with Gasteiger partial charge in [-0.25, -0.2) is 0 Å². The van der Waals surface area contributed by atoms with Crippen molar-refractivity contribution in [2.45, 2.75) is 24.1 Å². The maximum atomic E-state index is 6.20. The van der Waals surface area contributed by atoms with Gasteiger partial charge in [-0.2, -0.15) is 4.98 Å². The molecule has 1 atom stereocenters. The Morgan fingerprint density at radius 3 is 2.67 bits per heavy atom. The number of aromatic nitrogens is 3. The Hall–Kier alpha value is -3.03. The van der Waals surface area contributed by atoms with E-state index in [2.05, 4.69) is 20.5 Å². The molecule has 150 valence electrons. The summed E-state index contributed by atoms with van der Waals surface area (Å²) in [6.07, 6.45) is -0.521. The van der Waals surface area contributed by atoms with Crippen molar-refractivity contribution in [3.8, 4) is 17.1 Å². The topological polar surface area (TPSA) is 73.1 Å². The van der Waals surface area contributed by atoms with Crippen molar-refractivity contribution in [2.75, 3.05) is 5.32 Å². The van der Waals surface area contributed by atoms with Crippen LogP contribution in [0, 0.1) is 6.92 Å². The highest BCUT2D eigenvalue weighted by Crippen LogP contribution is 2.39. The fraction of sp³-hybridized carbons (Fsp3) is 0.136. The number of ether oxygens (including phenoxy) is 1. The van der Waals surface area contributed by atoms with Gasteiger partial charge in [-0.15, -0.1) is 10.2 Å². The Kier molecular flexibility index (Phi) is 5.06. The van der Waals surface area contributed by atoms with Crippen LogP contribution in [0.5, 0.6) is 5.88 Å². The highest BCUT2D eigenvalue weighted by atomic mass is 35.5. The van der Waals surface area contributed by atoms with Gasteiger partial charge >= 0.3 is 0 Å². The molecule has 5 rings (SSSR count). The SMILES string of the molecule is Cc1ccc(C2Nc3ccccc3-c3nnc(SCc4ccc(Cl)cc4)nc3O2)o1. The number of nitrogens with one attached hydrogen (secondary N) is 1. The molecule has 4 aromatic rings. The van der Waals surface area contributed by atoms with Crippen molar-refractivity contribution >= 4 is 29.1 Å². The molecular weight excluding hydrogens is 420 g/mol. The molecule has 0 saturated heterocycles. The molecule has 3 heterocycles. The van der Waals surface area contributed by atoms with Crippen molar-refractivity contribution in [1.82, 2.24) is 15.2 Å². The highest BCUT2D eigenvalue weighted by Gasteiger charge is 2.27. The van der Waals surface area contributed by atoms with Gasteiger partial charge in [0.05, 0.1) is 0 Å². The van der Waals surface area contributed by atoms with E-state index in [-0.39, 0.29) is 0 Å². The summed E-state index contributed by atoms with van der Waals surface area (Å²) in [6, 6.07) is 19.4. The number of benzene rings is 2. The molecule has 1 unspecified atom stereocenters. The summed E-state index contributed by atoms with van der Waals surface area (Å²) in [5.74, 6) is 2.60. The lowest BCUT2D eigenvalue weighted by Gasteiger charge is -2.16. The van der Waals surface area contributed by atoms with E-state index in [0.717, 1.165) is 22.6 Å². The maximum absolute atomic E-state index is 6.20. The lowest BCUT2D eigenvalue weighted by atomic mass is 10.1. The van der Waals surface area contributed by atoms with Crippen molar-refractivity contribution in [3.05, 3.63) is 82.8 Å². The Morgan fingerprint density at radius 2 is 1.87 bits per heavy atom. The van der Waals surface area contributed by atoms with E-state index in [1.54, 1.807) is 0 Å². The van der Waals surface area contributed by atoms with Gasteiger partial charge in [-0.3, -0.25) is 0 Å². The van der Waals surface area contributed by atoms with Crippen molar-refractivity contribution < 1.29 is 9.15 Å². The first-order valence-corrected chi connectivity index (χ1v) is 10.7. The van der Waals surface area contributed by atoms with Crippen LogP contribution in [0.1, 0.15) is 23.3 Å². The second-order valence-electron chi connectivity index (χ2n) is 6.80. The zero-order valence-electron chi connectivity index (χ0n) is 16.0. The molecular formula is C22H17ClN4O2S. The molecule has 0 spiro atoms. The molecule has 0 amide bonds. The van der Waals surface area contributed by atoms with Crippen molar-refractivity contribution in [3.63, 3.8) is 0 Å². The zero-order chi connectivity index (χ0) is 20.5. The average Bonchev–Trinajstić information content (AvgIpc) is 3.12. The summed E-state index contributed by atoms with van der Waals surface area (Å²) in [6.45, 7) is 1.90. The van der Waals surface area contributed by atoms with Crippen LogP contribution in [0.25, 0.3) is 11.3 Å². The van der Waals surface area contributed by atoms with Gasteiger partial charge in [0.1, 0.15) is 5.76 Å². The summed E-state index contributed by atoms with van der Waals surface area (Å²) >= 11 is 7.45. The van der Waals surface area contributed by atoms with E-state index in [4.69, 9.17) is 20.8 Å². The lowest BCUT2D eigenvalue weighted by molar-refractivity contribution is 0.194. The first-order chi connectivity index (χ1) is 14.7. The van der Waals surface area contributed by atoms with Crippen molar-refractivity contribution in [2.24, 2.45) is 0 Å². The minimum absolute atomic E-state index is 0.417. The van der Waals surface area contributed by atoms with Gasteiger partial charge in [0.25, 0.3) is 0 Å². The van der Waals surface area contributed by atoms with E-state index < -0.39 is 6.23 Å². The monoisotopic (exact) mass is 436 g/mol. The van der Waals surface area contributed by atoms with Gasteiger partial charge < -0.3 is 14.5 Å². The van der Waals surface area contributed by atoms with E-state index in [0.29, 0.717) is 33.3 Å². The first-order valence-electron chi connectivity index (χ1n) is 9.36. The standard InChI is InChI=1S/C22H17ClN4O2S/c1-13-6-11-18(28-13)20-24-17-5-3-2-4-16(17)19-21(29-20)25-22(27-26-19)30-12-14-7-9-15(23)10-8-14/h2-11,20,24H,12H2,1H3. The Bertz CT molecular complexity index is 1200. The number of aryl methyl sites for hydroxylation is 1. The predicted molar refractivity (Wildman–Crippen MR) is 117 cm³/mol. The molecule has 0 radical (unpaired) electrons.